The molecule has 176 valence electrons. The number of carbonyl (C=O) groups is 1. The van der Waals surface area contributed by atoms with E-state index in [2.05, 4.69) is 17.4 Å². The van der Waals surface area contributed by atoms with E-state index < -0.39 is 10.0 Å². The second-order valence-electron chi connectivity index (χ2n) is 9.20. The van der Waals surface area contributed by atoms with Crippen LogP contribution in [0.3, 0.4) is 0 Å². The Morgan fingerprint density at radius 3 is 2.39 bits per heavy atom. The minimum atomic E-state index is -3.65. The van der Waals surface area contributed by atoms with Gasteiger partial charge in [-0.05, 0) is 43.4 Å². The van der Waals surface area contributed by atoms with E-state index in [9.17, 15) is 13.2 Å². The zero-order valence-corrected chi connectivity index (χ0v) is 19.5. The van der Waals surface area contributed by atoms with Gasteiger partial charge in [0.05, 0.1) is 18.1 Å². The van der Waals surface area contributed by atoms with Gasteiger partial charge in [0.15, 0.2) is 11.5 Å². The molecule has 0 bridgehead atoms. The van der Waals surface area contributed by atoms with Crippen LogP contribution >= 0.6 is 0 Å². The highest BCUT2D eigenvalue weighted by molar-refractivity contribution is 7.89. The Kier molecular flexibility index (Phi) is 6.05. The predicted molar refractivity (Wildman–Crippen MR) is 124 cm³/mol. The maximum absolute atomic E-state index is 13.2. The van der Waals surface area contributed by atoms with Gasteiger partial charge in [-0.2, -0.15) is 4.31 Å². The van der Waals surface area contributed by atoms with Crippen molar-refractivity contribution in [2.75, 3.05) is 32.8 Å². The van der Waals surface area contributed by atoms with Crippen LogP contribution in [0.4, 0.5) is 0 Å². The molecule has 0 unspecified atom stereocenters. The summed E-state index contributed by atoms with van der Waals surface area (Å²) in [6, 6.07) is 15.1. The molecule has 2 aliphatic heterocycles. The lowest BCUT2D eigenvalue weighted by Gasteiger charge is -2.31. The molecule has 0 spiro atoms. The number of fused-ring (bicyclic) bond motifs is 1. The number of nitrogens with zero attached hydrogens (tertiary/aromatic N) is 1. The third-order valence-electron chi connectivity index (χ3n) is 7.02. The quantitative estimate of drug-likeness (QED) is 0.701. The highest BCUT2D eigenvalue weighted by Crippen LogP contribution is 2.47. The number of hydrogen-bond acceptors (Lipinski definition) is 5. The summed E-state index contributed by atoms with van der Waals surface area (Å²) in [5, 5.41) is 3.14. The van der Waals surface area contributed by atoms with Gasteiger partial charge >= 0.3 is 0 Å². The number of piperidine rings is 1. The van der Waals surface area contributed by atoms with E-state index in [4.69, 9.17) is 9.47 Å². The maximum atomic E-state index is 13.2. The minimum Gasteiger partial charge on any atom is -0.490 e. The first-order valence-electron chi connectivity index (χ1n) is 11.7. The summed E-state index contributed by atoms with van der Waals surface area (Å²) in [5.74, 6) is 0.915. The number of nitrogens with one attached hydrogen (secondary N) is 1. The van der Waals surface area contributed by atoms with Crippen molar-refractivity contribution in [2.24, 2.45) is 5.92 Å². The van der Waals surface area contributed by atoms with Crippen LogP contribution in [0.5, 0.6) is 11.5 Å². The van der Waals surface area contributed by atoms with E-state index in [0.29, 0.717) is 57.2 Å². The highest BCUT2D eigenvalue weighted by atomic mass is 32.2. The largest absolute Gasteiger partial charge is 0.490 e. The lowest BCUT2D eigenvalue weighted by atomic mass is 9.94. The first kappa shape index (κ1) is 22.2. The van der Waals surface area contributed by atoms with Crippen molar-refractivity contribution in [2.45, 2.75) is 42.4 Å². The van der Waals surface area contributed by atoms with Gasteiger partial charge in [0.1, 0.15) is 0 Å². The van der Waals surface area contributed by atoms with E-state index in [1.807, 2.05) is 18.2 Å². The number of ether oxygens (including phenoxy) is 2. The molecule has 0 aromatic heterocycles. The molecule has 1 amide bonds. The summed E-state index contributed by atoms with van der Waals surface area (Å²) < 4.78 is 39.1. The van der Waals surface area contributed by atoms with Crippen molar-refractivity contribution in [1.29, 1.82) is 0 Å². The summed E-state index contributed by atoms with van der Waals surface area (Å²) in [4.78, 5) is 13.0. The molecular weight excluding hydrogens is 440 g/mol. The summed E-state index contributed by atoms with van der Waals surface area (Å²) in [6.45, 7) is 2.37. The Morgan fingerprint density at radius 2 is 1.70 bits per heavy atom. The van der Waals surface area contributed by atoms with E-state index in [1.54, 1.807) is 18.2 Å². The average molecular weight is 471 g/mol. The molecule has 2 aromatic rings. The van der Waals surface area contributed by atoms with Crippen LogP contribution in [-0.2, 0) is 20.2 Å². The van der Waals surface area contributed by atoms with Gasteiger partial charge in [0.25, 0.3) is 0 Å². The first-order valence-corrected chi connectivity index (χ1v) is 13.2. The Labute approximate surface area is 195 Å². The molecule has 33 heavy (non-hydrogen) atoms. The fourth-order valence-corrected chi connectivity index (χ4v) is 6.21. The van der Waals surface area contributed by atoms with Gasteiger partial charge in [-0.15, -0.1) is 0 Å². The van der Waals surface area contributed by atoms with Crippen LogP contribution < -0.4 is 14.8 Å². The summed E-state index contributed by atoms with van der Waals surface area (Å²) in [6.07, 6.45) is 3.98. The molecule has 2 aromatic carbocycles. The smallest absolute Gasteiger partial charge is 0.243 e. The van der Waals surface area contributed by atoms with Gasteiger partial charge in [0, 0.05) is 43.5 Å². The van der Waals surface area contributed by atoms with Crippen LogP contribution in [0, 0.1) is 5.92 Å². The van der Waals surface area contributed by atoms with Crippen LogP contribution in [0.15, 0.2) is 53.4 Å². The molecule has 7 nitrogen and oxygen atoms in total. The van der Waals surface area contributed by atoms with E-state index in [1.165, 1.54) is 9.87 Å². The zero-order chi connectivity index (χ0) is 22.9. The van der Waals surface area contributed by atoms with Crippen molar-refractivity contribution in [1.82, 2.24) is 9.62 Å². The Bertz CT molecular complexity index is 1110. The van der Waals surface area contributed by atoms with Crippen molar-refractivity contribution < 1.29 is 22.7 Å². The first-order chi connectivity index (χ1) is 16.0. The Hall–Kier alpha value is -2.58. The predicted octanol–water partition coefficient (Wildman–Crippen LogP) is 3.10. The van der Waals surface area contributed by atoms with Gasteiger partial charge in [-0.1, -0.05) is 30.3 Å². The number of sulfonamides is 1. The molecule has 2 heterocycles. The summed E-state index contributed by atoms with van der Waals surface area (Å²) in [5.41, 5.74) is 1.35. The third-order valence-corrected chi connectivity index (χ3v) is 8.92. The number of hydrogen-bond donors (Lipinski definition) is 1. The fourth-order valence-electron chi connectivity index (χ4n) is 4.72. The standard InChI is InChI=1S/C25H30N2O5S/c28-24(26-18-25(11-12-25)20-5-2-1-3-6-20)19-9-13-27(14-10-19)33(29,30)21-7-8-22-23(17-21)32-16-4-15-31-22/h1-3,5-8,17,19H,4,9-16,18H2,(H,26,28). The monoisotopic (exact) mass is 470 g/mol. The molecule has 1 saturated carbocycles. The topological polar surface area (TPSA) is 84.9 Å². The number of amides is 1. The fraction of sp³-hybridized carbons (Fsp3) is 0.480. The molecule has 8 heteroatoms. The molecule has 1 N–H and O–H groups in total. The van der Waals surface area contributed by atoms with E-state index in [-0.39, 0.29) is 22.1 Å². The SMILES string of the molecule is O=C(NCC1(c2ccccc2)CC1)C1CCN(S(=O)(=O)c2ccc3c(c2)OCCCO3)CC1. The van der Waals surface area contributed by atoms with Crippen molar-refractivity contribution in [3.05, 3.63) is 54.1 Å². The van der Waals surface area contributed by atoms with Gasteiger partial charge in [-0.3, -0.25) is 4.79 Å². The van der Waals surface area contributed by atoms with E-state index >= 15 is 0 Å². The lowest BCUT2D eigenvalue weighted by Crippen LogP contribution is -2.44. The average Bonchev–Trinajstić information content (AvgIpc) is 3.67. The van der Waals surface area contributed by atoms with Crippen molar-refractivity contribution >= 4 is 15.9 Å². The van der Waals surface area contributed by atoms with Crippen LogP contribution in [0.2, 0.25) is 0 Å². The Morgan fingerprint density at radius 1 is 1.00 bits per heavy atom. The van der Waals surface area contributed by atoms with Gasteiger partial charge in [0.2, 0.25) is 15.9 Å². The number of carbonyl (C=O) groups excluding carboxylic acids is 1. The minimum absolute atomic E-state index is 0.0323. The van der Waals surface area contributed by atoms with E-state index in [0.717, 1.165) is 19.3 Å². The van der Waals surface area contributed by atoms with Crippen LogP contribution in [0.25, 0.3) is 0 Å². The summed E-state index contributed by atoms with van der Waals surface area (Å²) in [7, 11) is -3.65. The molecule has 0 radical (unpaired) electrons. The zero-order valence-electron chi connectivity index (χ0n) is 18.7. The molecule has 0 atom stereocenters. The third kappa shape index (κ3) is 4.59. The molecule has 3 aliphatic rings. The number of rotatable bonds is 6. The molecule has 2 fully saturated rings. The second kappa shape index (κ2) is 8.99. The lowest BCUT2D eigenvalue weighted by molar-refractivity contribution is -0.126. The maximum Gasteiger partial charge on any atom is 0.243 e. The second-order valence-corrected chi connectivity index (χ2v) is 11.1. The summed E-state index contributed by atoms with van der Waals surface area (Å²) >= 11 is 0. The van der Waals surface area contributed by atoms with Crippen molar-refractivity contribution in [3.63, 3.8) is 0 Å². The van der Waals surface area contributed by atoms with Crippen LogP contribution in [0.1, 0.15) is 37.7 Å². The molecule has 5 rings (SSSR count). The molecule has 1 saturated heterocycles. The Balaban J connectivity index is 1.18. The molecule has 1 aliphatic carbocycles. The normalized spacial score (nSPS) is 20.6. The van der Waals surface area contributed by atoms with Crippen LogP contribution in [-0.4, -0.2) is 51.5 Å². The number of benzene rings is 2. The molecular formula is C25H30N2O5S. The van der Waals surface area contributed by atoms with Crippen molar-refractivity contribution in [3.8, 4) is 11.5 Å². The van der Waals surface area contributed by atoms with Gasteiger partial charge < -0.3 is 14.8 Å². The highest BCUT2D eigenvalue weighted by Gasteiger charge is 2.44. The van der Waals surface area contributed by atoms with Gasteiger partial charge in [-0.25, -0.2) is 8.42 Å².